The van der Waals surface area contributed by atoms with E-state index in [9.17, 15) is 0 Å². The molecule has 1 atom stereocenters. The summed E-state index contributed by atoms with van der Waals surface area (Å²) in [5.41, 5.74) is 13.1. The zero-order chi connectivity index (χ0) is 28.5. The average Bonchev–Trinajstić information content (AvgIpc) is 3.33. The van der Waals surface area contributed by atoms with Gasteiger partial charge in [-0.2, -0.15) is 0 Å². The summed E-state index contributed by atoms with van der Waals surface area (Å²) in [6, 6.07) is 15.1. The van der Waals surface area contributed by atoms with Gasteiger partial charge in [0.15, 0.2) is 0 Å². The van der Waals surface area contributed by atoms with Crippen LogP contribution in [0.25, 0.3) is 11.1 Å². The number of fused-ring (bicyclic) bond motifs is 3. The van der Waals surface area contributed by atoms with E-state index < -0.39 is 21.3 Å². The molecule has 41 heavy (non-hydrogen) atoms. The van der Waals surface area contributed by atoms with E-state index in [0.717, 1.165) is 0 Å². The first-order valence-electron chi connectivity index (χ1n) is 15.5. The van der Waals surface area contributed by atoms with Gasteiger partial charge in [-0.1, -0.05) is 0 Å². The summed E-state index contributed by atoms with van der Waals surface area (Å²) >= 11 is -2.36. The second-order valence-corrected chi connectivity index (χ2v) is 22.3. The minimum Gasteiger partial charge on any atom is -1.00 e. The third-order valence-corrected chi connectivity index (χ3v) is 19.2. The van der Waals surface area contributed by atoms with Crippen molar-refractivity contribution in [3.05, 3.63) is 79.2 Å². The van der Waals surface area contributed by atoms with E-state index in [2.05, 4.69) is 119 Å². The van der Waals surface area contributed by atoms with Crippen LogP contribution in [-0.2, 0) is 32.1 Å². The molecule has 0 aromatic heterocycles. The van der Waals surface area contributed by atoms with Gasteiger partial charge < -0.3 is 24.8 Å². The molecular weight excluding hydrogens is 619 g/mol. The third-order valence-electron chi connectivity index (χ3n) is 9.65. The molecule has 0 bridgehead atoms. The fourth-order valence-electron chi connectivity index (χ4n) is 7.51. The van der Waals surface area contributed by atoms with E-state index in [4.69, 9.17) is 0 Å². The summed E-state index contributed by atoms with van der Waals surface area (Å²) in [6.07, 6.45) is 9.62. The summed E-state index contributed by atoms with van der Waals surface area (Å²) in [7, 11) is 0. The number of halogens is 2. The molecule has 0 radical (unpaired) electrons. The molecule has 1 unspecified atom stereocenters. The van der Waals surface area contributed by atoms with Crippen LogP contribution in [-0.4, -0.2) is 3.21 Å². The van der Waals surface area contributed by atoms with Crippen LogP contribution in [0.1, 0.15) is 134 Å². The molecule has 0 N–H and O–H groups in total. The quantitative estimate of drug-likeness (QED) is 0.422. The van der Waals surface area contributed by atoms with Gasteiger partial charge in [-0.05, 0) is 0 Å². The first-order valence-corrected chi connectivity index (χ1v) is 19.4. The standard InChI is InChI=1S/C21H25.C11H17.C6H10.2ClH.Zr/c1-20(2,3)16-7-9-18-14(12-16)11-15-13-17(21(4,5)6)8-10-19(15)18;1-8-6-9(2)10(7-8)11(3,4)5;1-2-4-6-5-3-1;;;/h7-13H,1-6H3;7-8H,1-5H3;1-5H2;2*1H;/q;;;;;+2/p-2. The molecule has 0 nitrogen and oxygen atoms in total. The van der Waals surface area contributed by atoms with Gasteiger partial charge in [0, 0.05) is 0 Å². The fraction of sp³-hybridized carbons (Fsp3) is 0.553. The predicted octanol–water partition coefficient (Wildman–Crippen LogP) is 5.01. The Morgan fingerprint density at radius 2 is 1.12 bits per heavy atom. The maximum atomic E-state index is 2.66. The molecule has 3 aliphatic carbocycles. The second kappa shape index (κ2) is 12.3. The average molecular weight is 671 g/mol. The Morgan fingerprint density at radius 1 is 0.659 bits per heavy atom. The monoisotopic (exact) mass is 668 g/mol. The van der Waals surface area contributed by atoms with Gasteiger partial charge in [0.2, 0.25) is 0 Å². The topological polar surface area (TPSA) is 0 Å². The van der Waals surface area contributed by atoms with Crippen LogP contribution in [0.15, 0.2) is 56.9 Å². The van der Waals surface area contributed by atoms with Gasteiger partial charge in [0.25, 0.3) is 0 Å². The first kappa shape index (κ1) is 34.7. The molecule has 2 aromatic rings. The second-order valence-electron chi connectivity index (χ2n) is 15.8. The fourth-order valence-corrected chi connectivity index (χ4v) is 17.8. The number of hydrogen-bond donors (Lipinski definition) is 0. The Labute approximate surface area is 271 Å². The molecule has 1 fully saturated rings. The predicted molar refractivity (Wildman–Crippen MR) is 169 cm³/mol. The summed E-state index contributed by atoms with van der Waals surface area (Å²) in [5.74, 6) is 0.576. The van der Waals surface area contributed by atoms with Gasteiger partial charge >= 0.3 is 249 Å². The number of allylic oxidation sites excluding steroid dienone is 4. The van der Waals surface area contributed by atoms with Crippen molar-refractivity contribution in [2.45, 2.75) is 123 Å². The van der Waals surface area contributed by atoms with Crippen molar-refractivity contribution in [2.24, 2.45) is 11.3 Å². The summed E-state index contributed by atoms with van der Waals surface area (Å²) in [6.45, 7) is 26.5. The number of hydrogen-bond acceptors (Lipinski definition) is 0. The van der Waals surface area contributed by atoms with Crippen molar-refractivity contribution >= 4 is 3.21 Å². The van der Waals surface area contributed by atoms with Gasteiger partial charge in [-0.25, -0.2) is 0 Å². The summed E-state index contributed by atoms with van der Waals surface area (Å²) in [4.78, 5) is 0. The van der Waals surface area contributed by atoms with Crippen molar-refractivity contribution < 1.29 is 46.1 Å². The van der Waals surface area contributed by atoms with E-state index >= 15 is 0 Å². The van der Waals surface area contributed by atoms with Gasteiger partial charge in [-0.3, -0.25) is 0 Å². The van der Waals surface area contributed by atoms with E-state index in [-0.39, 0.29) is 41.1 Å². The van der Waals surface area contributed by atoms with Gasteiger partial charge in [0.1, 0.15) is 0 Å². The van der Waals surface area contributed by atoms with Crippen molar-refractivity contribution in [3.8, 4) is 11.1 Å². The Kier molecular flexibility index (Phi) is 10.4. The maximum absolute atomic E-state index is 2.66. The van der Waals surface area contributed by atoms with E-state index in [1.165, 1.54) is 54.4 Å². The molecule has 3 heteroatoms. The van der Waals surface area contributed by atoms with E-state index in [1.807, 2.05) is 6.49 Å². The van der Waals surface area contributed by atoms with Crippen LogP contribution in [0.5, 0.6) is 0 Å². The Bertz CT molecular complexity index is 1330. The Morgan fingerprint density at radius 3 is 1.51 bits per heavy atom. The summed E-state index contributed by atoms with van der Waals surface area (Å²) < 4.78 is 4.51. The molecule has 0 heterocycles. The van der Waals surface area contributed by atoms with Gasteiger partial charge in [-0.15, -0.1) is 0 Å². The number of benzene rings is 2. The molecule has 1 saturated carbocycles. The molecule has 0 saturated heterocycles. The van der Waals surface area contributed by atoms with Crippen molar-refractivity contribution in [3.63, 3.8) is 0 Å². The SMILES string of the molecule is CC1=[C]([Zr+2](=[C]2CCCCC2)[CH]2c3cc(C(C)(C)C)ccc3-c3ccc(C(C)(C)C)cc32)C(C)C=C1C(C)(C)C.[Cl-].[Cl-]. The smallest absolute Gasteiger partial charge is 1.00 e. The van der Waals surface area contributed by atoms with Crippen molar-refractivity contribution in [1.82, 2.24) is 0 Å². The van der Waals surface area contributed by atoms with Crippen LogP contribution in [0.2, 0.25) is 0 Å². The largest absolute Gasteiger partial charge is 1.00 e. The minimum atomic E-state index is -2.36. The molecule has 0 amide bonds. The molecule has 0 aliphatic heterocycles. The molecule has 5 rings (SSSR count). The minimum absolute atomic E-state index is 0. The molecule has 222 valence electrons. The Hall–Kier alpha value is -0.747. The zero-order valence-corrected chi connectivity index (χ0v) is 31.5. The third kappa shape index (κ3) is 6.54. The molecule has 0 spiro atoms. The molecule has 3 aliphatic rings. The maximum Gasteiger partial charge on any atom is -1.00 e. The van der Waals surface area contributed by atoms with Crippen LogP contribution < -0.4 is 24.8 Å². The van der Waals surface area contributed by atoms with Crippen LogP contribution in [0, 0.1) is 11.3 Å². The van der Waals surface area contributed by atoms with Crippen LogP contribution in [0.3, 0.4) is 0 Å². The molecular formula is C38H52Cl2Zr. The molecule has 2 aromatic carbocycles. The first-order chi connectivity index (χ1) is 18.1. The number of rotatable bonds is 2. The van der Waals surface area contributed by atoms with E-state index in [0.29, 0.717) is 9.54 Å². The summed E-state index contributed by atoms with van der Waals surface area (Å²) in [5, 5.41) is 0. The van der Waals surface area contributed by atoms with Crippen molar-refractivity contribution in [1.29, 1.82) is 0 Å². The zero-order valence-electron chi connectivity index (χ0n) is 27.5. The van der Waals surface area contributed by atoms with Gasteiger partial charge in [0.05, 0.1) is 0 Å². The normalized spacial score (nSPS) is 19.1. The van der Waals surface area contributed by atoms with Crippen molar-refractivity contribution in [2.75, 3.05) is 0 Å². The van der Waals surface area contributed by atoms with Crippen LogP contribution >= 0.6 is 0 Å². The van der Waals surface area contributed by atoms with E-state index in [1.54, 1.807) is 22.3 Å². The Balaban J connectivity index is 0.00000231. The van der Waals surface area contributed by atoms with Crippen LogP contribution in [0.4, 0.5) is 0 Å².